The van der Waals surface area contributed by atoms with Gasteiger partial charge < -0.3 is 18.9 Å². The number of methoxy groups -OCH3 is 1. The summed E-state index contributed by atoms with van der Waals surface area (Å²) in [4.78, 5) is 11.9. The Morgan fingerprint density at radius 1 is 1.17 bits per heavy atom. The predicted molar refractivity (Wildman–Crippen MR) is 90.1 cm³/mol. The third kappa shape index (κ3) is 3.81. The zero-order valence-corrected chi connectivity index (χ0v) is 13.7. The number of halogens is 1. The van der Waals surface area contributed by atoms with Crippen LogP contribution in [0.1, 0.15) is 5.56 Å². The fraction of sp³-hybridized carbons (Fsp3) is 0.167. The molecule has 2 aromatic rings. The summed E-state index contributed by atoms with van der Waals surface area (Å²) in [6, 6.07) is 10.1. The molecule has 0 spiro atoms. The van der Waals surface area contributed by atoms with Crippen LogP contribution in [0.3, 0.4) is 0 Å². The van der Waals surface area contributed by atoms with Gasteiger partial charge in [-0.3, -0.25) is 0 Å². The lowest BCUT2D eigenvalue weighted by molar-refractivity contribution is -0.128. The first kappa shape index (κ1) is 16.2. The summed E-state index contributed by atoms with van der Waals surface area (Å²) in [6.07, 6.45) is 2.96. The van der Waals surface area contributed by atoms with Gasteiger partial charge >= 0.3 is 5.97 Å². The van der Waals surface area contributed by atoms with E-state index in [-0.39, 0.29) is 0 Å². The van der Waals surface area contributed by atoms with Gasteiger partial charge in [-0.15, -0.1) is 0 Å². The lowest BCUT2D eigenvalue weighted by Gasteiger charge is -2.20. The first-order valence-electron chi connectivity index (χ1n) is 7.29. The molecule has 0 aliphatic carbocycles. The van der Waals surface area contributed by atoms with Crippen LogP contribution < -0.4 is 18.9 Å². The zero-order chi connectivity index (χ0) is 16.9. The van der Waals surface area contributed by atoms with Gasteiger partial charge in [0.05, 0.1) is 7.11 Å². The lowest BCUT2D eigenvalue weighted by Crippen LogP contribution is -2.16. The molecular weight excluding hydrogens is 332 g/mol. The molecule has 3 rings (SSSR count). The average Bonchev–Trinajstić information content (AvgIpc) is 2.61. The Hall–Kier alpha value is -2.66. The number of carbonyl (C=O) groups excluding carboxylic acids is 1. The third-order valence-electron chi connectivity index (χ3n) is 3.29. The summed E-state index contributed by atoms with van der Waals surface area (Å²) in [5, 5.41) is 0.578. The molecule has 0 atom stereocenters. The molecule has 1 aliphatic heterocycles. The van der Waals surface area contributed by atoms with Crippen molar-refractivity contribution < 1.29 is 23.7 Å². The minimum Gasteiger partial charge on any atom is -0.493 e. The molecule has 0 saturated carbocycles. The molecule has 0 bridgehead atoms. The Bertz CT molecular complexity index is 750. The molecule has 1 heterocycles. The van der Waals surface area contributed by atoms with Gasteiger partial charge in [0.15, 0.2) is 11.5 Å². The second kappa shape index (κ2) is 7.27. The monoisotopic (exact) mass is 346 g/mol. The summed E-state index contributed by atoms with van der Waals surface area (Å²) >= 11 is 5.79. The van der Waals surface area contributed by atoms with Crippen LogP contribution in [0.15, 0.2) is 42.5 Å². The van der Waals surface area contributed by atoms with E-state index in [0.29, 0.717) is 41.2 Å². The van der Waals surface area contributed by atoms with Crippen LogP contribution in [0.2, 0.25) is 5.02 Å². The van der Waals surface area contributed by atoms with E-state index in [9.17, 15) is 4.79 Å². The molecule has 6 heteroatoms. The zero-order valence-electron chi connectivity index (χ0n) is 13.0. The van der Waals surface area contributed by atoms with Crippen LogP contribution in [0.4, 0.5) is 0 Å². The minimum atomic E-state index is -0.494. The van der Waals surface area contributed by atoms with Gasteiger partial charge in [0.2, 0.25) is 5.75 Å². The van der Waals surface area contributed by atoms with Gasteiger partial charge in [0.25, 0.3) is 0 Å². The van der Waals surface area contributed by atoms with Crippen LogP contribution in [0.5, 0.6) is 23.0 Å². The molecule has 2 aromatic carbocycles. The number of hydrogen-bond donors (Lipinski definition) is 0. The number of ether oxygens (including phenoxy) is 4. The Balaban J connectivity index is 1.73. The van der Waals surface area contributed by atoms with Gasteiger partial charge in [-0.2, -0.15) is 0 Å². The van der Waals surface area contributed by atoms with Crippen LogP contribution in [-0.2, 0) is 4.79 Å². The van der Waals surface area contributed by atoms with Crippen molar-refractivity contribution >= 4 is 23.6 Å². The molecule has 124 valence electrons. The highest BCUT2D eigenvalue weighted by Crippen LogP contribution is 2.40. The fourth-order valence-electron chi connectivity index (χ4n) is 2.21. The summed E-state index contributed by atoms with van der Waals surface area (Å²) < 4.78 is 21.6. The summed E-state index contributed by atoms with van der Waals surface area (Å²) in [5.74, 6) is 1.65. The highest BCUT2D eigenvalue weighted by molar-refractivity contribution is 6.30. The molecule has 0 unspecified atom stereocenters. The van der Waals surface area contributed by atoms with E-state index in [2.05, 4.69) is 0 Å². The molecule has 0 saturated heterocycles. The maximum Gasteiger partial charge on any atom is 0.336 e. The smallest absolute Gasteiger partial charge is 0.336 e. The second-order valence-corrected chi connectivity index (χ2v) is 5.39. The Labute approximate surface area is 144 Å². The van der Waals surface area contributed by atoms with Crippen molar-refractivity contribution in [2.45, 2.75) is 0 Å². The van der Waals surface area contributed by atoms with Crippen molar-refractivity contribution in [2.24, 2.45) is 0 Å². The Morgan fingerprint density at radius 3 is 2.67 bits per heavy atom. The standard InChI is InChI=1S/C18H15ClO5/c1-21-15-10-12(11-16-18(15)23-9-8-22-16)2-7-17(20)24-14-5-3-13(19)4-6-14/h2-7,10-11H,8-9H2,1H3/b7-2+. The second-order valence-electron chi connectivity index (χ2n) is 4.96. The largest absolute Gasteiger partial charge is 0.493 e. The highest BCUT2D eigenvalue weighted by atomic mass is 35.5. The molecular formula is C18H15ClO5. The number of carbonyl (C=O) groups is 1. The van der Waals surface area contributed by atoms with E-state index in [1.807, 2.05) is 0 Å². The maximum atomic E-state index is 11.9. The Morgan fingerprint density at radius 2 is 1.92 bits per heavy atom. The maximum absolute atomic E-state index is 11.9. The van der Waals surface area contributed by atoms with Gasteiger partial charge in [0, 0.05) is 11.1 Å². The van der Waals surface area contributed by atoms with Crippen LogP contribution >= 0.6 is 11.6 Å². The Kier molecular flexibility index (Phi) is 4.91. The molecule has 0 aromatic heterocycles. The number of hydrogen-bond acceptors (Lipinski definition) is 5. The number of rotatable bonds is 4. The van der Waals surface area contributed by atoms with Crippen molar-refractivity contribution in [1.29, 1.82) is 0 Å². The van der Waals surface area contributed by atoms with Crippen molar-refractivity contribution in [1.82, 2.24) is 0 Å². The first-order valence-corrected chi connectivity index (χ1v) is 7.66. The van der Waals surface area contributed by atoms with E-state index in [1.54, 1.807) is 49.6 Å². The molecule has 0 amide bonds. The topological polar surface area (TPSA) is 54.0 Å². The quantitative estimate of drug-likeness (QED) is 0.479. The number of benzene rings is 2. The SMILES string of the molecule is COc1cc(/C=C/C(=O)Oc2ccc(Cl)cc2)cc2c1OCCO2. The van der Waals surface area contributed by atoms with E-state index in [1.165, 1.54) is 6.08 Å². The fourth-order valence-corrected chi connectivity index (χ4v) is 2.33. The molecule has 5 nitrogen and oxygen atoms in total. The highest BCUT2D eigenvalue weighted by Gasteiger charge is 2.17. The normalized spacial score (nSPS) is 12.9. The van der Waals surface area contributed by atoms with Gasteiger partial charge in [-0.25, -0.2) is 4.79 Å². The van der Waals surface area contributed by atoms with E-state index < -0.39 is 5.97 Å². The van der Waals surface area contributed by atoms with Gasteiger partial charge in [0.1, 0.15) is 19.0 Å². The molecule has 24 heavy (non-hydrogen) atoms. The van der Waals surface area contributed by atoms with Gasteiger partial charge in [-0.1, -0.05) is 11.6 Å². The first-order chi connectivity index (χ1) is 11.7. The van der Waals surface area contributed by atoms with Gasteiger partial charge in [-0.05, 0) is 48.0 Å². The summed E-state index contributed by atoms with van der Waals surface area (Å²) in [5.41, 5.74) is 0.740. The van der Waals surface area contributed by atoms with E-state index in [0.717, 1.165) is 5.56 Å². The van der Waals surface area contributed by atoms with Crippen molar-refractivity contribution in [2.75, 3.05) is 20.3 Å². The van der Waals surface area contributed by atoms with Crippen molar-refractivity contribution in [3.63, 3.8) is 0 Å². The van der Waals surface area contributed by atoms with Crippen LogP contribution in [-0.4, -0.2) is 26.3 Å². The summed E-state index contributed by atoms with van der Waals surface area (Å²) in [7, 11) is 1.55. The van der Waals surface area contributed by atoms with Crippen LogP contribution in [0.25, 0.3) is 6.08 Å². The number of fused-ring (bicyclic) bond motifs is 1. The van der Waals surface area contributed by atoms with Crippen molar-refractivity contribution in [3.8, 4) is 23.0 Å². The average molecular weight is 347 g/mol. The minimum absolute atomic E-state index is 0.425. The van der Waals surface area contributed by atoms with Crippen molar-refractivity contribution in [3.05, 3.63) is 53.1 Å². The lowest BCUT2D eigenvalue weighted by atomic mass is 10.1. The predicted octanol–water partition coefficient (Wildman–Crippen LogP) is 3.74. The molecule has 1 aliphatic rings. The van der Waals surface area contributed by atoms with Crippen LogP contribution in [0, 0.1) is 0 Å². The molecule has 0 fully saturated rings. The third-order valence-corrected chi connectivity index (χ3v) is 3.55. The van der Waals surface area contributed by atoms with E-state index >= 15 is 0 Å². The number of esters is 1. The summed E-state index contributed by atoms with van der Waals surface area (Å²) in [6.45, 7) is 0.952. The molecule has 0 radical (unpaired) electrons. The van der Waals surface area contributed by atoms with E-state index in [4.69, 9.17) is 30.5 Å². The molecule has 0 N–H and O–H groups in total.